The number of nitrogens with two attached hydrogens (primary N) is 1. The van der Waals surface area contributed by atoms with Crippen molar-refractivity contribution in [3.63, 3.8) is 0 Å². The molecule has 3 aromatic rings. The Morgan fingerprint density at radius 1 is 0.964 bits per heavy atom. The Morgan fingerprint density at radius 3 is 2.25 bits per heavy atom. The van der Waals surface area contributed by atoms with Crippen molar-refractivity contribution in [3.05, 3.63) is 65.4 Å². The zero-order valence-electron chi connectivity index (χ0n) is 15.9. The van der Waals surface area contributed by atoms with Crippen LogP contribution in [0.3, 0.4) is 0 Å². The topological polar surface area (TPSA) is 116 Å². The predicted octanol–water partition coefficient (Wildman–Crippen LogP) is 4.91. The number of azo groups is 1. The minimum Gasteiger partial charge on any atom is -0.382 e. The fraction of sp³-hybridized carbons (Fsp3) is 0.190. The first-order valence-corrected chi connectivity index (χ1v) is 8.65. The average Bonchev–Trinajstić information content (AvgIpc) is 3.03. The van der Waals surface area contributed by atoms with Crippen molar-refractivity contribution < 1.29 is 0 Å². The first kappa shape index (κ1) is 18.8. The van der Waals surface area contributed by atoms with E-state index < -0.39 is 0 Å². The number of hydrogen-bond acceptors (Lipinski definition) is 6. The number of para-hydroxylation sites is 1. The molecule has 3 rings (SSSR count). The molecular weight excluding hydrogens is 350 g/mol. The Hall–Kier alpha value is -3.97. The van der Waals surface area contributed by atoms with E-state index in [1.165, 1.54) is 6.07 Å². The van der Waals surface area contributed by atoms with Crippen LogP contribution in [-0.4, -0.2) is 9.78 Å². The number of rotatable bonds is 3. The van der Waals surface area contributed by atoms with Crippen molar-refractivity contribution in [2.24, 2.45) is 10.2 Å². The third-order valence-electron chi connectivity index (χ3n) is 4.12. The quantitative estimate of drug-likeness (QED) is 0.660. The highest BCUT2D eigenvalue weighted by Gasteiger charge is 2.26. The van der Waals surface area contributed by atoms with Gasteiger partial charge in [-0.25, -0.2) is 4.68 Å². The Labute approximate surface area is 163 Å². The standard InChI is InChI=1S/C21H19N7/c1-21(2,3)19-18(20(24)28(27-19)17-7-5-4-6-8-17)26-25-16-10-9-14(12-22)15(11-16)13-23/h4-11H,24H2,1-3H3. The largest absolute Gasteiger partial charge is 0.382 e. The van der Waals surface area contributed by atoms with Crippen molar-refractivity contribution in [3.8, 4) is 17.8 Å². The van der Waals surface area contributed by atoms with Gasteiger partial charge in [0, 0.05) is 5.41 Å². The maximum absolute atomic E-state index is 9.18. The Morgan fingerprint density at radius 2 is 1.64 bits per heavy atom. The summed E-state index contributed by atoms with van der Waals surface area (Å²) in [5.41, 5.74) is 9.09. The average molecular weight is 369 g/mol. The molecule has 0 fully saturated rings. The highest BCUT2D eigenvalue weighted by atomic mass is 15.3. The number of nitrogen functional groups attached to an aromatic ring is 1. The molecule has 1 heterocycles. The van der Waals surface area contributed by atoms with Gasteiger partial charge >= 0.3 is 0 Å². The first-order chi connectivity index (χ1) is 13.3. The fourth-order valence-electron chi connectivity index (χ4n) is 2.68. The van der Waals surface area contributed by atoms with Crippen molar-refractivity contribution >= 4 is 17.2 Å². The van der Waals surface area contributed by atoms with Crippen molar-refractivity contribution in [2.75, 3.05) is 5.73 Å². The van der Waals surface area contributed by atoms with Crippen LogP contribution < -0.4 is 5.73 Å². The number of hydrogen-bond donors (Lipinski definition) is 1. The Balaban J connectivity index is 2.09. The third-order valence-corrected chi connectivity index (χ3v) is 4.12. The summed E-state index contributed by atoms with van der Waals surface area (Å²) >= 11 is 0. The van der Waals surface area contributed by atoms with E-state index >= 15 is 0 Å². The van der Waals surface area contributed by atoms with Crippen LogP contribution in [0.2, 0.25) is 0 Å². The monoisotopic (exact) mass is 369 g/mol. The van der Waals surface area contributed by atoms with Gasteiger partial charge in [0.05, 0.1) is 28.2 Å². The third kappa shape index (κ3) is 3.60. The lowest BCUT2D eigenvalue weighted by Gasteiger charge is -2.15. The van der Waals surface area contributed by atoms with Crippen LogP contribution in [0.15, 0.2) is 58.8 Å². The lowest BCUT2D eigenvalue weighted by Crippen LogP contribution is -2.13. The van der Waals surface area contributed by atoms with Crippen LogP contribution >= 0.6 is 0 Å². The highest BCUT2D eigenvalue weighted by Crippen LogP contribution is 2.37. The zero-order valence-corrected chi connectivity index (χ0v) is 15.9. The molecule has 0 aliphatic heterocycles. The molecule has 0 unspecified atom stereocenters. The molecule has 0 atom stereocenters. The molecule has 7 nitrogen and oxygen atoms in total. The normalized spacial score (nSPS) is 11.3. The molecular formula is C21H19N7. The molecule has 0 amide bonds. The number of nitrogens with zero attached hydrogens (tertiary/aromatic N) is 6. The van der Waals surface area contributed by atoms with Gasteiger partial charge < -0.3 is 5.73 Å². The Kier molecular flexibility index (Phi) is 4.93. The lowest BCUT2D eigenvalue weighted by molar-refractivity contribution is 0.561. The first-order valence-electron chi connectivity index (χ1n) is 8.65. The second kappa shape index (κ2) is 7.34. The minimum atomic E-state index is -0.301. The van der Waals surface area contributed by atoms with Crippen LogP contribution in [0.25, 0.3) is 5.69 Å². The van der Waals surface area contributed by atoms with Crippen molar-refractivity contribution in [1.82, 2.24) is 9.78 Å². The summed E-state index contributed by atoms with van der Waals surface area (Å²) in [7, 11) is 0. The molecule has 0 aliphatic carbocycles. The SMILES string of the molecule is CC(C)(C)c1nn(-c2ccccc2)c(N)c1N=Nc1ccc(C#N)c(C#N)c1. The lowest BCUT2D eigenvalue weighted by atomic mass is 9.91. The van der Waals surface area contributed by atoms with Crippen LogP contribution in [0.1, 0.15) is 37.6 Å². The van der Waals surface area contributed by atoms with E-state index in [1.807, 2.05) is 63.2 Å². The van der Waals surface area contributed by atoms with Gasteiger partial charge in [-0.1, -0.05) is 39.0 Å². The molecule has 2 aromatic carbocycles. The van der Waals surface area contributed by atoms with Gasteiger partial charge in [0.2, 0.25) is 0 Å². The van der Waals surface area contributed by atoms with Gasteiger partial charge in [-0.2, -0.15) is 20.7 Å². The molecule has 0 saturated heterocycles. The molecule has 0 spiro atoms. The van der Waals surface area contributed by atoms with E-state index in [9.17, 15) is 5.26 Å². The van der Waals surface area contributed by atoms with E-state index in [0.717, 1.165) is 5.69 Å². The van der Waals surface area contributed by atoms with Gasteiger partial charge in [0.25, 0.3) is 0 Å². The van der Waals surface area contributed by atoms with Gasteiger partial charge in [0.15, 0.2) is 11.5 Å². The maximum atomic E-state index is 9.18. The van der Waals surface area contributed by atoms with Gasteiger partial charge in [0.1, 0.15) is 12.1 Å². The van der Waals surface area contributed by atoms with Gasteiger partial charge in [-0.05, 0) is 30.3 Å². The van der Waals surface area contributed by atoms with E-state index in [4.69, 9.17) is 11.0 Å². The highest BCUT2D eigenvalue weighted by molar-refractivity contribution is 5.66. The molecule has 28 heavy (non-hydrogen) atoms. The summed E-state index contributed by atoms with van der Waals surface area (Å²) in [4.78, 5) is 0. The summed E-state index contributed by atoms with van der Waals surface area (Å²) < 4.78 is 1.65. The molecule has 1 aromatic heterocycles. The maximum Gasteiger partial charge on any atom is 0.155 e. The summed E-state index contributed by atoms with van der Waals surface area (Å²) in [6.45, 7) is 6.08. The summed E-state index contributed by atoms with van der Waals surface area (Å²) in [5.74, 6) is 0.383. The molecule has 2 N–H and O–H groups in total. The predicted molar refractivity (Wildman–Crippen MR) is 107 cm³/mol. The number of aromatic nitrogens is 2. The fourth-order valence-corrected chi connectivity index (χ4v) is 2.68. The molecule has 138 valence electrons. The van der Waals surface area contributed by atoms with E-state index in [2.05, 4.69) is 15.3 Å². The number of anilines is 1. The van der Waals surface area contributed by atoms with Crippen LogP contribution in [0.5, 0.6) is 0 Å². The van der Waals surface area contributed by atoms with Crippen LogP contribution in [0, 0.1) is 22.7 Å². The number of nitriles is 2. The van der Waals surface area contributed by atoms with Gasteiger partial charge in [-0.15, -0.1) is 5.11 Å². The molecule has 0 saturated carbocycles. The van der Waals surface area contributed by atoms with E-state index in [-0.39, 0.29) is 11.0 Å². The smallest absolute Gasteiger partial charge is 0.155 e. The number of benzene rings is 2. The summed E-state index contributed by atoms with van der Waals surface area (Å²) in [6, 6.07) is 18.3. The summed E-state index contributed by atoms with van der Waals surface area (Å²) in [5, 5.41) is 31.5. The van der Waals surface area contributed by atoms with E-state index in [1.54, 1.807) is 16.8 Å². The second-order valence-corrected chi connectivity index (χ2v) is 7.23. The van der Waals surface area contributed by atoms with E-state index in [0.29, 0.717) is 28.5 Å². The summed E-state index contributed by atoms with van der Waals surface area (Å²) in [6.07, 6.45) is 0. The Bertz CT molecular complexity index is 1120. The van der Waals surface area contributed by atoms with Crippen molar-refractivity contribution in [1.29, 1.82) is 10.5 Å². The molecule has 0 radical (unpaired) electrons. The molecule has 0 aliphatic rings. The molecule has 0 bridgehead atoms. The minimum absolute atomic E-state index is 0.253. The molecule has 7 heteroatoms. The second-order valence-electron chi connectivity index (χ2n) is 7.23. The zero-order chi connectivity index (χ0) is 20.3. The van der Waals surface area contributed by atoms with Crippen LogP contribution in [0.4, 0.5) is 17.2 Å². The van der Waals surface area contributed by atoms with Crippen molar-refractivity contribution in [2.45, 2.75) is 26.2 Å². The van der Waals surface area contributed by atoms with Gasteiger partial charge in [-0.3, -0.25) is 0 Å². The van der Waals surface area contributed by atoms with Crippen LogP contribution in [-0.2, 0) is 5.41 Å².